The van der Waals surface area contributed by atoms with Gasteiger partial charge in [-0.25, -0.2) is 0 Å². The summed E-state index contributed by atoms with van der Waals surface area (Å²) in [6, 6.07) is 7.46. The van der Waals surface area contributed by atoms with Crippen molar-refractivity contribution in [3.63, 3.8) is 0 Å². The van der Waals surface area contributed by atoms with E-state index in [0.717, 1.165) is 0 Å². The second-order valence-electron chi connectivity index (χ2n) is 4.46. The highest BCUT2D eigenvalue weighted by molar-refractivity contribution is 6.02. The van der Waals surface area contributed by atoms with Gasteiger partial charge in [0.05, 0.1) is 18.5 Å². The number of amides is 1. The van der Waals surface area contributed by atoms with Crippen LogP contribution in [0.1, 0.15) is 11.1 Å². The molecule has 0 radical (unpaired) electrons. The molecular weight excluding hydrogens is 306 g/mol. The van der Waals surface area contributed by atoms with E-state index in [2.05, 4.69) is 15.0 Å². The smallest absolute Gasteiger partial charge is 0.387 e. The highest BCUT2D eigenvalue weighted by atomic mass is 19.3. The largest absolute Gasteiger partial charge is 0.435 e. The number of alkyl halides is 2. The number of carbonyl (C=O) groups excluding carboxylic acids is 1. The highest BCUT2D eigenvalue weighted by Crippen LogP contribution is 2.16. The van der Waals surface area contributed by atoms with Gasteiger partial charge in [0.2, 0.25) is 5.91 Å². The fourth-order valence-electron chi connectivity index (χ4n) is 1.78. The zero-order valence-electron chi connectivity index (χ0n) is 11.9. The van der Waals surface area contributed by atoms with Crippen LogP contribution >= 0.6 is 0 Å². The number of rotatable bonds is 6. The van der Waals surface area contributed by atoms with Crippen molar-refractivity contribution in [2.75, 3.05) is 5.32 Å². The molecule has 0 saturated carbocycles. The van der Waals surface area contributed by atoms with Gasteiger partial charge < -0.3 is 15.2 Å². The molecule has 0 aliphatic carbocycles. The Hall–Kier alpha value is -2.80. The Bertz CT molecular complexity index is 688. The molecule has 0 fully saturated rings. The Morgan fingerprint density at radius 3 is 2.70 bits per heavy atom. The Kier molecular flexibility index (Phi) is 5.76. The molecule has 2 rings (SSSR count). The van der Waals surface area contributed by atoms with Crippen LogP contribution in [-0.4, -0.2) is 22.6 Å². The van der Waals surface area contributed by atoms with Crippen molar-refractivity contribution >= 4 is 17.7 Å². The first-order chi connectivity index (χ1) is 11.1. The third kappa shape index (κ3) is 5.15. The molecule has 23 heavy (non-hydrogen) atoms. The van der Waals surface area contributed by atoms with E-state index in [9.17, 15) is 13.6 Å². The van der Waals surface area contributed by atoms with Gasteiger partial charge in [0.15, 0.2) is 0 Å². The summed E-state index contributed by atoms with van der Waals surface area (Å²) in [5.41, 5.74) is 1.62. The van der Waals surface area contributed by atoms with Crippen LogP contribution in [0.5, 0.6) is 5.75 Å². The SMILES string of the molecule is O=C(/C=C/c1ccc(OC(F)F)cc1)Nc1cnccc1CO. The molecule has 5 nitrogen and oxygen atoms in total. The van der Waals surface area contributed by atoms with E-state index in [1.165, 1.54) is 36.7 Å². The number of carbonyl (C=O) groups is 1. The molecule has 1 amide bonds. The van der Waals surface area contributed by atoms with E-state index in [0.29, 0.717) is 16.8 Å². The van der Waals surface area contributed by atoms with E-state index in [4.69, 9.17) is 5.11 Å². The molecule has 1 aromatic heterocycles. The summed E-state index contributed by atoms with van der Waals surface area (Å²) in [6.07, 6.45) is 5.77. The van der Waals surface area contributed by atoms with Crippen molar-refractivity contribution in [3.8, 4) is 5.75 Å². The molecule has 0 aliphatic rings. The van der Waals surface area contributed by atoms with Crippen molar-refractivity contribution in [3.05, 3.63) is 59.9 Å². The maximum absolute atomic E-state index is 12.0. The predicted octanol–water partition coefficient (Wildman–Crippen LogP) is 2.83. The molecule has 1 heterocycles. The standard InChI is InChI=1S/C16H14F2N2O3/c17-16(18)23-13-4-1-11(2-5-13)3-6-15(22)20-14-9-19-8-7-12(14)10-21/h1-9,16,21H,10H2,(H,20,22)/b6-3+. The topological polar surface area (TPSA) is 71.5 Å². The molecule has 120 valence electrons. The summed E-state index contributed by atoms with van der Waals surface area (Å²) >= 11 is 0. The van der Waals surface area contributed by atoms with Gasteiger partial charge in [-0.2, -0.15) is 8.78 Å². The minimum atomic E-state index is -2.87. The first kappa shape index (κ1) is 16.6. The van der Waals surface area contributed by atoms with Crippen molar-refractivity contribution in [1.29, 1.82) is 0 Å². The molecule has 0 atom stereocenters. The Morgan fingerprint density at radius 2 is 2.04 bits per heavy atom. The number of anilines is 1. The monoisotopic (exact) mass is 320 g/mol. The summed E-state index contributed by atoms with van der Waals surface area (Å²) in [5, 5.41) is 11.8. The number of aliphatic hydroxyl groups is 1. The Labute approximate surface area is 131 Å². The van der Waals surface area contributed by atoms with Crippen LogP contribution in [0, 0.1) is 0 Å². The zero-order valence-corrected chi connectivity index (χ0v) is 11.9. The fourth-order valence-corrected chi connectivity index (χ4v) is 1.78. The maximum Gasteiger partial charge on any atom is 0.387 e. The molecule has 0 unspecified atom stereocenters. The first-order valence-electron chi connectivity index (χ1n) is 6.66. The molecule has 0 aliphatic heterocycles. The van der Waals surface area contributed by atoms with Crippen molar-refractivity contribution < 1.29 is 23.4 Å². The second kappa shape index (κ2) is 8.00. The quantitative estimate of drug-likeness (QED) is 0.803. The minimum Gasteiger partial charge on any atom is -0.435 e. The zero-order chi connectivity index (χ0) is 16.7. The number of nitrogens with zero attached hydrogens (tertiary/aromatic N) is 1. The molecular formula is C16H14F2N2O3. The van der Waals surface area contributed by atoms with E-state index >= 15 is 0 Å². The molecule has 1 aromatic carbocycles. The molecule has 2 aromatic rings. The number of halogens is 2. The van der Waals surface area contributed by atoms with Gasteiger partial charge in [-0.3, -0.25) is 9.78 Å². The summed E-state index contributed by atoms with van der Waals surface area (Å²) in [6.45, 7) is -3.09. The van der Waals surface area contributed by atoms with Crippen LogP contribution in [0.25, 0.3) is 6.08 Å². The lowest BCUT2D eigenvalue weighted by Gasteiger charge is -2.06. The molecule has 0 saturated heterocycles. The predicted molar refractivity (Wildman–Crippen MR) is 80.9 cm³/mol. The Balaban J connectivity index is 1.98. The second-order valence-corrected chi connectivity index (χ2v) is 4.46. The number of aliphatic hydroxyl groups excluding tert-OH is 1. The first-order valence-corrected chi connectivity index (χ1v) is 6.66. The lowest BCUT2D eigenvalue weighted by atomic mass is 10.2. The summed E-state index contributed by atoms with van der Waals surface area (Å²) in [7, 11) is 0. The highest BCUT2D eigenvalue weighted by Gasteiger charge is 2.05. The lowest BCUT2D eigenvalue weighted by molar-refractivity contribution is -0.111. The molecule has 7 heteroatoms. The van der Waals surface area contributed by atoms with Gasteiger partial charge in [0, 0.05) is 17.8 Å². The number of ether oxygens (including phenoxy) is 1. The van der Waals surface area contributed by atoms with Crippen molar-refractivity contribution in [1.82, 2.24) is 4.98 Å². The third-order valence-electron chi connectivity index (χ3n) is 2.87. The molecule has 2 N–H and O–H groups in total. The van der Waals surface area contributed by atoms with Crippen LogP contribution in [-0.2, 0) is 11.4 Å². The summed E-state index contributed by atoms with van der Waals surface area (Å²) < 4.78 is 28.3. The number of hydrogen-bond donors (Lipinski definition) is 2. The van der Waals surface area contributed by atoms with Gasteiger partial charge in [0.1, 0.15) is 5.75 Å². The van der Waals surface area contributed by atoms with Crippen LogP contribution < -0.4 is 10.1 Å². The average Bonchev–Trinajstić information content (AvgIpc) is 2.54. The average molecular weight is 320 g/mol. The number of pyridine rings is 1. The number of benzene rings is 1. The van der Waals surface area contributed by atoms with E-state index in [-0.39, 0.29) is 12.4 Å². The van der Waals surface area contributed by atoms with Gasteiger partial charge >= 0.3 is 6.61 Å². The van der Waals surface area contributed by atoms with Crippen molar-refractivity contribution in [2.45, 2.75) is 13.2 Å². The van der Waals surface area contributed by atoms with Gasteiger partial charge in [-0.15, -0.1) is 0 Å². The van der Waals surface area contributed by atoms with E-state index < -0.39 is 12.5 Å². The lowest BCUT2D eigenvalue weighted by Crippen LogP contribution is -2.10. The van der Waals surface area contributed by atoms with E-state index in [1.54, 1.807) is 18.2 Å². The normalized spacial score (nSPS) is 11.0. The van der Waals surface area contributed by atoms with E-state index in [1.807, 2.05) is 0 Å². The van der Waals surface area contributed by atoms with Crippen LogP contribution in [0.3, 0.4) is 0 Å². The number of aromatic nitrogens is 1. The van der Waals surface area contributed by atoms with Crippen LogP contribution in [0.15, 0.2) is 48.8 Å². The van der Waals surface area contributed by atoms with Crippen LogP contribution in [0.4, 0.5) is 14.5 Å². The fraction of sp³-hybridized carbons (Fsp3) is 0.125. The maximum atomic E-state index is 12.0. The van der Waals surface area contributed by atoms with Gasteiger partial charge in [-0.1, -0.05) is 12.1 Å². The Morgan fingerprint density at radius 1 is 1.30 bits per heavy atom. The van der Waals surface area contributed by atoms with Crippen LogP contribution in [0.2, 0.25) is 0 Å². The molecule has 0 spiro atoms. The van der Waals surface area contributed by atoms with Crippen molar-refractivity contribution in [2.24, 2.45) is 0 Å². The third-order valence-corrected chi connectivity index (χ3v) is 2.87. The minimum absolute atomic E-state index is 0.0459. The number of nitrogens with one attached hydrogen (secondary N) is 1. The van der Waals surface area contributed by atoms with Gasteiger partial charge in [-0.05, 0) is 29.8 Å². The number of hydrogen-bond acceptors (Lipinski definition) is 4. The summed E-state index contributed by atoms with van der Waals surface area (Å²) in [4.78, 5) is 15.7. The van der Waals surface area contributed by atoms with Gasteiger partial charge in [0.25, 0.3) is 0 Å². The molecule has 0 bridgehead atoms. The summed E-state index contributed by atoms with van der Waals surface area (Å²) in [5.74, 6) is -0.356.